The van der Waals surface area contributed by atoms with Crippen LogP contribution in [-0.2, 0) is 5.33 Å². The van der Waals surface area contributed by atoms with Crippen LogP contribution in [0.5, 0.6) is 0 Å². The average molecular weight is 309 g/mol. The van der Waals surface area contributed by atoms with Crippen molar-refractivity contribution >= 4 is 27.3 Å². The lowest BCUT2D eigenvalue weighted by atomic mass is 10.1. The molecule has 4 nitrogen and oxygen atoms in total. The largest absolute Gasteiger partial charge is 0.369 e. The number of hydrogen-bond acceptors (Lipinski definition) is 3. The van der Waals surface area contributed by atoms with Gasteiger partial charge < -0.3 is 4.90 Å². The molecule has 0 fully saturated rings. The van der Waals surface area contributed by atoms with Crippen LogP contribution in [0.4, 0.5) is 20.2 Å². The number of non-ortho nitro benzene ring substituents is 1. The van der Waals surface area contributed by atoms with Gasteiger partial charge in [0.1, 0.15) is 0 Å². The molecule has 0 saturated heterocycles. The molecule has 0 N–H and O–H groups in total. The minimum Gasteiger partial charge on any atom is -0.369 e. The molecule has 0 aromatic heterocycles. The molecule has 0 radical (unpaired) electrons. The lowest BCUT2D eigenvalue weighted by Gasteiger charge is -2.21. The molecular weight excluding hydrogens is 298 g/mol. The van der Waals surface area contributed by atoms with E-state index >= 15 is 0 Å². The molecule has 0 aliphatic rings. The molecule has 0 aliphatic carbocycles. The molecule has 0 unspecified atom stereocenters. The Balaban J connectivity index is 3.03. The number of benzene rings is 1. The summed E-state index contributed by atoms with van der Waals surface area (Å²) in [4.78, 5) is 11.5. The molecule has 1 aromatic carbocycles. The van der Waals surface area contributed by atoms with Crippen molar-refractivity contribution in [1.29, 1.82) is 0 Å². The minimum atomic E-state index is -2.45. The summed E-state index contributed by atoms with van der Waals surface area (Å²) >= 11 is 3.19. The maximum absolute atomic E-state index is 12.3. The van der Waals surface area contributed by atoms with Crippen molar-refractivity contribution in [1.82, 2.24) is 0 Å². The van der Waals surface area contributed by atoms with E-state index in [0.717, 1.165) is 0 Å². The Morgan fingerprint density at radius 2 is 2.18 bits per heavy atom. The van der Waals surface area contributed by atoms with Crippen LogP contribution in [0, 0.1) is 10.1 Å². The van der Waals surface area contributed by atoms with Crippen LogP contribution in [0.3, 0.4) is 0 Å². The Labute approximate surface area is 106 Å². The zero-order chi connectivity index (χ0) is 13.0. The molecule has 1 aromatic rings. The van der Waals surface area contributed by atoms with Crippen molar-refractivity contribution in [3.63, 3.8) is 0 Å². The average Bonchev–Trinajstić information content (AvgIpc) is 2.27. The van der Waals surface area contributed by atoms with Gasteiger partial charge in [-0.25, -0.2) is 8.78 Å². The number of halogens is 3. The van der Waals surface area contributed by atoms with E-state index in [1.165, 1.54) is 30.1 Å². The number of nitro groups is 1. The Morgan fingerprint density at radius 1 is 1.53 bits per heavy atom. The Hall–Kier alpha value is -1.24. The zero-order valence-electron chi connectivity index (χ0n) is 9.07. The molecule has 0 spiro atoms. The molecule has 0 amide bonds. The van der Waals surface area contributed by atoms with Gasteiger partial charge in [-0.05, 0) is 11.6 Å². The van der Waals surface area contributed by atoms with E-state index in [2.05, 4.69) is 15.9 Å². The van der Waals surface area contributed by atoms with Gasteiger partial charge in [0, 0.05) is 30.2 Å². The van der Waals surface area contributed by atoms with Crippen molar-refractivity contribution in [2.75, 3.05) is 18.5 Å². The van der Waals surface area contributed by atoms with Crippen LogP contribution in [-0.4, -0.2) is 24.9 Å². The third kappa shape index (κ3) is 3.62. The number of hydrogen-bond donors (Lipinski definition) is 0. The van der Waals surface area contributed by atoms with Gasteiger partial charge >= 0.3 is 0 Å². The van der Waals surface area contributed by atoms with Crippen LogP contribution in [0.25, 0.3) is 0 Å². The summed E-state index contributed by atoms with van der Waals surface area (Å²) in [5.74, 6) is 0. The summed E-state index contributed by atoms with van der Waals surface area (Å²) < 4.78 is 24.5. The van der Waals surface area contributed by atoms with Crippen LogP contribution >= 0.6 is 15.9 Å². The molecule has 0 saturated carbocycles. The summed E-state index contributed by atoms with van der Waals surface area (Å²) in [5.41, 5.74) is 1.13. The second-order valence-electron chi connectivity index (χ2n) is 3.48. The van der Waals surface area contributed by atoms with E-state index in [1.807, 2.05) is 0 Å². The van der Waals surface area contributed by atoms with Crippen molar-refractivity contribution in [2.45, 2.75) is 11.8 Å². The van der Waals surface area contributed by atoms with Gasteiger partial charge in [0.05, 0.1) is 11.5 Å². The predicted molar refractivity (Wildman–Crippen MR) is 65.0 cm³/mol. The Morgan fingerprint density at radius 3 is 2.65 bits per heavy atom. The quantitative estimate of drug-likeness (QED) is 0.477. The fourth-order valence-electron chi connectivity index (χ4n) is 1.47. The summed E-state index contributed by atoms with van der Waals surface area (Å²) in [5, 5.41) is 11.0. The number of anilines is 1. The zero-order valence-corrected chi connectivity index (χ0v) is 10.7. The summed E-state index contributed by atoms with van der Waals surface area (Å²) in [7, 11) is 1.53. The SMILES string of the molecule is CN(CC(F)F)c1ccc([N+](=O)[O-])cc1CBr. The number of nitrogens with zero attached hydrogens (tertiary/aromatic N) is 2. The molecule has 0 aliphatic heterocycles. The van der Waals surface area contributed by atoms with E-state index < -0.39 is 17.9 Å². The molecule has 94 valence electrons. The smallest absolute Gasteiger partial charge is 0.269 e. The van der Waals surface area contributed by atoms with Crippen molar-refractivity contribution in [2.24, 2.45) is 0 Å². The first-order valence-electron chi connectivity index (χ1n) is 4.78. The van der Waals surface area contributed by atoms with Gasteiger partial charge in [0.15, 0.2) is 0 Å². The third-order valence-corrected chi connectivity index (χ3v) is 2.85. The second kappa shape index (κ2) is 5.90. The van der Waals surface area contributed by atoms with Gasteiger partial charge in [0.2, 0.25) is 0 Å². The lowest BCUT2D eigenvalue weighted by Crippen LogP contribution is -2.24. The number of rotatable bonds is 5. The Bertz CT molecular complexity index is 415. The normalized spacial score (nSPS) is 10.6. The molecule has 0 atom stereocenters. The van der Waals surface area contributed by atoms with Crippen molar-refractivity contribution in [3.8, 4) is 0 Å². The maximum atomic E-state index is 12.3. The van der Waals surface area contributed by atoms with E-state index in [1.54, 1.807) is 0 Å². The summed E-state index contributed by atoms with van der Waals surface area (Å²) in [6.07, 6.45) is -2.45. The highest BCUT2D eigenvalue weighted by Gasteiger charge is 2.15. The van der Waals surface area contributed by atoms with E-state index in [4.69, 9.17) is 0 Å². The molecule has 17 heavy (non-hydrogen) atoms. The van der Waals surface area contributed by atoms with Crippen LogP contribution in [0.15, 0.2) is 18.2 Å². The van der Waals surface area contributed by atoms with Gasteiger partial charge in [-0.1, -0.05) is 15.9 Å². The highest BCUT2D eigenvalue weighted by atomic mass is 79.9. The van der Waals surface area contributed by atoms with Gasteiger partial charge in [-0.15, -0.1) is 0 Å². The van der Waals surface area contributed by atoms with Crippen LogP contribution in [0.2, 0.25) is 0 Å². The van der Waals surface area contributed by atoms with E-state index in [0.29, 0.717) is 16.6 Å². The van der Waals surface area contributed by atoms with Gasteiger partial charge in [-0.3, -0.25) is 10.1 Å². The number of nitro benzene ring substituents is 1. The minimum absolute atomic E-state index is 0.0475. The standard InChI is InChI=1S/C10H11BrF2N2O2/c1-14(6-10(12)13)9-3-2-8(15(16)17)4-7(9)5-11/h2-4,10H,5-6H2,1H3. The first kappa shape index (κ1) is 13.8. The van der Waals surface area contributed by atoms with Gasteiger partial charge in [-0.2, -0.15) is 0 Å². The molecule has 0 bridgehead atoms. The topological polar surface area (TPSA) is 46.4 Å². The highest BCUT2D eigenvalue weighted by molar-refractivity contribution is 9.08. The summed E-state index contributed by atoms with van der Waals surface area (Å²) in [6.45, 7) is -0.405. The molecular formula is C10H11BrF2N2O2. The third-order valence-electron chi connectivity index (χ3n) is 2.24. The van der Waals surface area contributed by atoms with E-state index in [-0.39, 0.29) is 5.69 Å². The molecule has 1 rings (SSSR count). The van der Waals surface area contributed by atoms with Gasteiger partial charge in [0.25, 0.3) is 12.1 Å². The fraction of sp³-hybridized carbons (Fsp3) is 0.400. The first-order chi connectivity index (χ1) is 7.95. The van der Waals surface area contributed by atoms with Crippen molar-refractivity contribution in [3.05, 3.63) is 33.9 Å². The monoisotopic (exact) mass is 308 g/mol. The van der Waals surface area contributed by atoms with E-state index in [9.17, 15) is 18.9 Å². The lowest BCUT2D eigenvalue weighted by molar-refractivity contribution is -0.384. The summed E-state index contributed by atoms with van der Waals surface area (Å²) in [6, 6.07) is 4.17. The van der Waals surface area contributed by atoms with Crippen LogP contribution in [0.1, 0.15) is 5.56 Å². The fourth-order valence-corrected chi connectivity index (χ4v) is 1.92. The van der Waals surface area contributed by atoms with Crippen LogP contribution < -0.4 is 4.90 Å². The van der Waals surface area contributed by atoms with Crippen molar-refractivity contribution < 1.29 is 13.7 Å². The number of alkyl halides is 3. The Kier molecular flexibility index (Phi) is 4.80. The molecule has 0 heterocycles. The predicted octanol–water partition coefficient (Wildman–Crippen LogP) is 3.19. The highest BCUT2D eigenvalue weighted by Crippen LogP contribution is 2.27. The maximum Gasteiger partial charge on any atom is 0.269 e. The second-order valence-corrected chi connectivity index (χ2v) is 4.04. The molecule has 7 heteroatoms. The first-order valence-corrected chi connectivity index (χ1v) is 5.90.